The predicted molar refractivity (Wildman–Crippen MR) is 146 cm³/mol. The second-order valence-corrected chi connectivity index (χ2v) is 12.1. The molecule has 9 nitrogen and oxygen atoms in total. The molecule has 1 amide bonds. The van der Waals surface area contributed by atoms with Crippen LogP contribution in [-0.4, -0.2) is 42.2 Å². The summed E-state index contributed by atoms with van der Waals surface area (Å²) in [7, 11) is -7.39. The first-order valence-corrected chi connectivity index (χ1v) is 15.1. The molecule has 198 valence electrons. The molecule has 0 heterocycles. The van der Waals surface area contributed by atoms with Gasteiger partial charge in [0.25, 0.3) is 10.0 Å². The molecule has 0 saturated heterocycles. The minimum Gasteiger partial charge on any atom is -0.494 e. The van der Waals surface area contributed by atoms with Crippen molar-refractivity contribution >= 4 is 54.6 Å². The van der Waals surface area contributed by atoms with E-state index in [4.69, 9.17) is 16.3 Å². The highest BCUT2D eigenvalue weighted by Crippen LogP contribution is 2.23. The van der Waals surface area contributed by atoms with Crippen LogP contribution in [-0.2, 0) is 24.8 Å². The van der Waals surface area contributed by atoms with Crippen LogP contribution in [0.2, 0.25) is 5.02 Å². The number of carbonyl (C=O) groups excluding carboxylic acids is 1. The van der Waals surface area contributed by atoms with Crippen molar-refractivity contribution in [3.05, 3.63) is 77.8 Å². The highest BCUT2D eigenvalue weighted by molar-refractivity contribution is 7.92. The van der Waals surface area contributed by atoms with Crippen molar-refractivity contribution in [2.24, 2.45) is 0 Å². The second kappa shape index (κ2) is 12.3. The van der Waals surface area contributed by atoms with Crippen LogP contribution >= 0.6 is 11.6 Å². The summed E-state index contributed by atoms with van der Waals surface area (Å²) in [5.74, 6) is 0.307. The van der Waals surface area contributed by atoms with Crippen LogP contribution in [0.25, 0.3) is 0 Å². The number of carbonyl (C=O) groups is 1. The van der Waals surface area contributed by atoms with Gasteiger partial charge in [-0.05, 0) is 80.1 Å². The van der Waals surface area contributed by atoms with Gasteiger partial charge in [0, 0.05) is 29.4 Å². The summed E-state index contributed by atoms with van der Waals surface area (Å²) in [6, 6.07) is 18.8. The average Bonchev–Trinajstić information content (AvgIpc) is 2.82. The topological polar surface area (TPSA) is 122 Å². The Morgan fingerprint density at radius 2 is 1.59 bits per heavy atom. The lowest BCUT2D eigenvalue weighted by atomic mass is 10.2. The normalized spacial score (nSPS) is 11.5. The first kappa shape index (κ1) is 28.3. The van der Waals surface area contributed by atoms with Gasteiger partial charge in [0.1, 0.15) is 5.75 Å². The molecule has 2 N–H and O–H groups in total. The zero-order chi connectivity index (χ0) is 27.1. The molecule has 0 aliphatic rings. The van der Waals surface area contributed by atoms with E-state index < -0.39 is 20.0 Å². The highest BCUT2D eigenvalue weighted by Gasteiger charge is 2.18. The molecule has 0 radical (unpaired) electrons. The Bertz CT molecular complexity index is 1430. The first-order chi connectivity index (χ1) is 17.5. The lowest BCUT2D eigenvalue weighted by Crippen LogP contribution is -2.31. The van der Waals surface area contributed by atoms with Crippen LogP contribution in [0.5, 0.6) is 5.75 Å². The Labute approximate surface area is 222 Å². The summed E-state index contributed by atoms with van der Waals surface area (Å²) in [6.45, 7) is 2.47. The Hall–Kier alpha value is -3.28. The Morgan fingerprint density at radius 3 is 2.19 bits per heavy atom. The number of nitrogens with zero attached hydrogens (tertiary/aromatic N) is 1. The monoisotopic (exact) mass is 565 g/mol. The third kappa shape index (κ3) is 8.38. The van der Waals surface area contributed by atoms with Crippen LogP contribution in [0.4, 0.5) is 17.1 Å². The summed E-state index contributed by atoms with van der Waals surface area (Å²) in [6.07, 6.45) is 1.42. The molecular weight excluding hydrogens is 538 g/mol. The maximum atomic E-state index is 12.7. The highest BCUT2D eigenvalue weighted by atomic mass is 35.5. The number of ether oxygens (including phenoxy) is 1. The molecule has 3 aromatic carbocycles. The lowest BCUT2D eigenvalue weighted by Gasteiger charge is -2.22. The first-order valence-electron chi connectivity index (χ1n) is 11.4. The number of amides is 1. The summed E-state index contributed by atoms with van der Waals surface area (Å²) in [4.78, 5) is 12.4. The largest absolute Gasteiger partial charge is 0.494 e. The van der Waals surface area contributed by atoms with Crippen LogP contribution in [0.1, 0.15) is 19.8 Å². The number of sulfonamides is 2. The van der Waals surface area contributed by atoms with E-state index in [1.807, 2.05) is 6.92 Å². The molecule has 0 aliphatic carbocycles. The molecule has 0 bridgehead atoms. The van der Waals surface area contributed by atoms with Crippen molar-refractivity contribution in [1.29, 1.82) is 0 Å². The fourth-order valence-electron chi connectivity index (χ4n) is 3.44. The van der Waals surface area contributed by atoms with E-state index in [1.54, 1.807) is 48.5 Å². The SMILES string of the molecule is CCOc1ccc(NS(=O)(=O)c2ccc(NC(=O)CCCN(c3cccc(Cl)c3)S(C)(=O)=O)cc2)cc1. The standard InChI is InChI=1S/C25H28ClN3O6S2/c1-3-35-23-13-9-21(10-14-23)28-37(33,34)24-15-11-20(12-16-24)27-25(30)8-5-17-29(36(2,31)32)22-7-4-6-19(26)18-22/h4,6-7,9-16,18,28H,3,5,8,17H2,1-2H3,(H,27,30). The maximum absolute atomic E-state index is 12.7. The van der Waals surface area contributed by atoms with Gasteiger partial charge in [-0.2, -0.15) is 0 Å². The summed E-state index contributed by atoms with van der Waals surface area (Å²) < 4.78 is 58.8. The molecule has 0 saturated carbocycles. The molecule has 0 unspecified atom stereocenters. The molecule has 0 atom stereocenters. The van der Waals surface area contributed by atoms with E-state index in [-0.39, 0.29) is 30.2 Å². The van der Waals surface area contributed by atoms with E-state index in [0.29, 0.717) is 34.4 Å². The van der Waals surface area contributed by atoms with Gasteiger partial charge in [-0.15, -0.1) is 0 Å². The van der Waals surface area contributed by atoms with E-state index in [1.165, 1.54) is 28.6 Å². The van der Waals surface area contributed by atoms with Crippen molar-refractivity contribution in [2.75, 3.05) is 33.8 Å². The van der Waals surface area contributed by atoms with Gasteiger partial charge in [-0.3, -0.25) is 13.8 Å². The predicted octanol–water partition coefficient (Wildman–Crippen LogP) is 4.72. The molecule has 0 spiro atoms. The fraction of sp³-hybridized carbons (Fsp3) is 0.240. The van der Waals surface area contributed by atoms with Crippen molar-refractivity contribution in [3.63, 3.8) is 0 Å². The zero-order valence-corrected chi connectivity index (χ0v) is 22.7. The molecule has 3 rings (SSSR count). The second-order valence-electron chi connectivity index (χ2n) is 8.05. The number of nitrogens with one attached hydrogen (secondary N) is 2. The van der Waals surface area contributed by atoms with Gasteiger partial charge < -0.3 is 10.1 Å². The van der Waals surface area contributed by atoms with Gasteiger partial charge in [-0.25, -0.2) is 16.8 Å². The zero-order valence-electron chi connectivity index (χ0n) is 20.3. The summed E-state index contributed by atoms with van der Waals surface area (Å²) in [5, 5.41) is 3.10. The van der Waals surface area contributed by atoms with Crippen LogP contribution < -0.4 is 19.1 Å². The van der Waals surface area contributed by atoms with Gasteiger partial charge in [-0.1, -0.05) is 17.7 Å². The Balaban J connectivity index is 1.55. The van der Waals surface area contributed by atoms with Crippen molar-refractivity contribution in [3.8, 4) is 5.75 Å². The van der Waals surface area contributed by atoms with Crippen molar-refractivity contribution in [1.82, 2.24) is 0 Å². The van der Waals surface area contributed by atoms with Gasteiger partial charge >= 0.3 is 0 Å². The van der Waals surface area contributed by atoms with Crippen LogP contribution in [0, 0.1) is 0 Å². The molecule has 0 aliphatic heterocycles. The molecule has 12 heteroatoms. The average molecular weight is 566 g/mol. The minimum absolute atomic E-state index is 0.0321. The molecule has 0 aromatic heterocycles. The van der Waals surface area contributed by atoms with Gasteiger partial charge in [0.15, 0.2) is 0 Å². The molecule has 0 fully saturated rings. The Morgan fingerprint density at radius 1 is 0.946 bits per heavy atom. The smallest absolute Gasteiger partial charge is 0.261 e. The number of hydrogen-bond acceptors (Lipinski definition) is 6. The number of halogens is 1. The minimum atomic E-state index is -3.83. The van der Waals surface area contributed by atoms with E-state index in [0.717, 1.165) is 6.26 Å². The fourth-order valence-corrected chi connectivity index (χ4v) is 5.64. The van der Waals surface area contributed by atoms with Gasteiger partial charge in [0.05, 0.1) is 23.4 Å². The molecular formula is C25H28ClN3O6S2. The van der Waals surface area contributed by atoms with E-state index in [2.05, 4.69) is 10.0 Å². The molecule has 37 heavy (non-hydrogen) atoms. The number of benzene rings is 3. The number of hydrogen-bond donors (Lipinski definition) is 2. The quantitative estimate of drug-likeness (QED) is 0.327. The van der Waals surface area contributed by atoms with Crippen molar-refractivity contribution < 1.29 is 26.4 Å². The third-order valence-electron chi connectivity index (χ3n) is 5.13. The van der Waals surface area contributed by atoms with E-state index >= 15 is 0 Å². The Kier molecular flexibility index (Phi) is 9.41. The number of rotatable bonds is 12. The number of anilines is 3. The maximum Gasteiger partial charge on any atom is 0.261 e. The molecule has 3 aromatic rings. The van der Waals surface area contributed by atoms with Gasteiger partial charge in [0.2, 0.25) is 15.9 Å². The van der Waals surface area contributed by atoms with Crippen LogP contribution in [0.15, 0.2) is 77.7 Å². The van der Waals surface area contributed by atoms with Crippen molar-refractivity contribution in [2.45, 2.75) is 24.7 Å². The lowest BCUT2D eigenvalue weighted by molar-refractivity contribution is -0.116. The van der Waals surface area contributed by atoms with E-state index in [9.17, 15) is 21.6 Å². The third-order valence-corrected chi connectivity index (χ3v) is 7.95. The summed E-state index contributed by atoms with van der Waals surface area (Å²) >= 11 is 5.98. The van der Waals surface area contributed by atoms with Crippen LogP contribution in [0.3, 0.4) is 0 Å². The summed E-state index contributed by atoms with van der Waals surface area (Å²) in [5.41, 5.74) is 1.23.